The summed E-state index contributed by atoms with van der Waals surface area (Å²) in [5, 5.41) is 5.61. The normalized spacial score (nSPS) is 10.2. The number of halogens is 1. The van der Waals surface area contributed by atoms with Crippen LogP contribution < -0.4 is 10.6 Å². The number of hydrogen-bond donors (Lipinski definition) is 2. The van der Waals surface area contributed by atoms with E-state index in [9.17, 15) is 9.59 Å². The van der Waals surface area contributed by atoms with E-state index >= 15 is 0 Å². The van der Waals surface area contributed by atoms with Crippen LogP contribution in [-0.2, 0) is 4.79 Å². The molecule has 0 fully saturated rings. The number of hydrogen-bond acceptors (Lipinski definition) is 3. The maximum Gasteiger partial charge on any atom is 0.251 e. The molecule has 0 saturated carbocycles. The minimum atomic E-state index is -0.185. The topological polar surface area (TPSA) is 58.2 Å². The molecule has 2 aromatic carbocycles. The lowest BCUT2D eigenvalue weighted by Gasteiger charge is -2.09. The molecule has 2 rings (SSSR count). The van der Waals surface area contributed by atoms with E-state index in [1.807, 2.05) is 30.5 Å². The maximum absolute atomic E-state index is 12.0. The summed E-state index contributed by atoms with van der Waals surface area (Å²) in [6.07, 6.45) is 2.19. The quantitative estimate of drug-likeness (QED) is 0.732. The number of carbonyl (C=O) groups excluding carboxylic acids is 2. The number of carbonyl (C=O) groups is 2. The molecule has 4 nitrogen and oxygen atoms in total. The molecular formula is C17H17BrN2O2S. The van der Waals surface area contributed by atoms with Crippen molar-refractivity contribution >= 4 is 45.2 Å². The van der Waals surface area contributed by atoms with E-state index in [4.69, 9.17) is 0 Å². The Hall–Kier alpha value is -1.79. The third kappa shape index (κ3) is 5.41. The summed E-state index contributed by atoms with van der Waals surface area (Å²) in [5.74, 6) is -0.308. The molecule has 2 amide bonds. The zero-order valence-electron chi connectivity index (χ0n) is 12.6. The summed E-state index contributed by atoms with van der Waals surface area (Å²) in [4.78, 5) is 24.9. The van der Waals surface area contributed by atoms with Gasteiger partial charge in [0.15, 0.2) is 0 Å². The number of rotatable bonds is 6. The van der Waals surface area contributed by atoms with Gasteiger partial charge in [-0.15, -0.1) is 11.8 Å². The first kappa shape index (κ1) is 17.6. The minimum absolute atomic E-state index is 0.123. The number of benzene rings is 2. The Morgan fingerprint density at radius 1 is 1.09 bits per heavy atom. The predicted octanol–water partition coefficient (Wildman–Crippen LogP) is 3.93. The second kappa shape index (κ2) is 8.74. The molecule has 0 heterocycles. The molecule has 0 radical (unpaired) electrons. The van der Waals surface area contributed by atoms with Crippen molar-refractivity contribution in [3.63, 3.8) is 0 Å². The van der Waals surface area contributed by atoms with Gasteiger partial charge in [-0.2, -0.15) is 0 Å². The molecule has 23 heavy (non-hydrogen) atoms. The largest absolute Gasteiger partial charge is 0.352 e. The van der Waals surface area contributed by atoms with Gasteiger partial charge >= 0.3 is 0 Å². The van der Waals surface area contributed by atoms with E-state index in [0.29, 0.717) is 12.1 Å². The molecule has 0 unspecified atom stereocenters. The van der Waals surface area contributed by atoms with E-state index in [-0.39, 0.29) is 18.2 Å². The van der Waals surface area contributed by atoms with Gasteiger partial charge in [-0.1, -0.05) is 28.1 Å². The first-order valence-corrected chi connectivity index (χ1v) is 9.08. The van der Waals surface area contributed by atoms with Crippen LogP contribution in [0.4, 0.5) is 5.69 Å². The smallest absolute Gasteiger partial charge is 0.251 e. The van der Waals surface area contributed by atoms with Crippen molar-refractivity contribution in [2.75, 3.05) is 18.1 Å². The summed E-state index contributed by atoms with van der Waals surface area (Å²) in [6, 6.07) is 14.7. The van der Waals surface area contributed by atoms with Crippen LogP contribution in [0.3, 0.4) is 0 Å². The molecule has 6 heteroatoms. The van der Waals surface area contributed by atoms with Crippen molar-refractivity contribution in [1.82, 2.24) is 5.32 Å². The SMILES string of the molecule is CSc1ccccc1NC(=O)CCNC(=O)c1ccc(Br)cc1. The van der Waals surface area contributed by atoms with E-state index in [1.165, 1.54) is 0 Å². The Morgan fingerprint density at radius 3 is 2.48 bits per heavy atom. The molecule has 0 aliphatic heterocycles. The number of nitrogens with one attached hydrogen (secondary N) is 2. The lowest BCUT2D eigenvalue weighted by Crippen LogP contribution is -2.27. The van der Waals surface area contributed by atoms with Gasteiger partial charge in [0, 0.05) is 27.9 Å². The molecular weight excluding hydrogens is 376 g/mol. The van der Waals surface area contributed by atoms with Crippen molar-refractivity contribution in [3.8, 4) is 0 Å². The second-order valence-electron chi connectivity index (χ2n) is 4.76. The van der Waals surface area contributed by atoms with Crippen molar-refractivity contribution in [2.24, 2.45) is 0 Å². The first-order chi connectivity index (χ1) is 11.1. The van der Waals surface area contributed by atoms with Crippen LogP contribution in [0.2, 0.25) is 0 Å². The van der Waals surface area contributed by atoms with E-state index in [1.54, 1.807) is 36.0 Å². The van der Waals surface area contributed by atoms with Crippen LogP contribution in [0.5, 0.6) is 0 Å². The summed E-state index contributed by atoms with van der Waals surface area (Å²) in [7, 11) is 0. The monoisotopic (exact) mass is 392 g/mol. The fourth-order valence-electron chi connectivity index (χ4n) is 1.95. The summed E-state index contributed by atoms with van der Waals surface area (Å²) >= 11 is 4.90. The number of para-hydroxylation sites is 1. The molecule has 120 valence electrons. The Morgan fingerprint density at radius 2 is 1.78 bits per heavy atom. The van der Waals surface area contributed by atoms with Crippen molar-refractivity contribution in [1.29, 1.82) is 0 Å². The van der Waals surface area contributed by atoms with Gasteiger partial charge in [0.1, 0.15) is 0 Å². The molecule has 0 atom stereocenters. The third-order valence-electron chi connectivity index (χ3n) is 3.13. The Kier molecular flexibility index (Phi) is 6.67. The van der Waals surface area contributed by atoms with Crippen LogP contribution in [0.1, 0.15) is 16.8 Å². The van der Waals surface area contributed by atoms with Crippen LogP contribution in [0, 0.1) is 0 Å². The summed E-state index contributed by atoms with van der Waals surface area (Å²) < 4.78 is 0.917. The molecule has 0 spiro atoms. The molecule has 0 aromatic heterocycles. The average Bonchev–Trinajstić information content (AvgIpc) is 2.56. The van der Waals surface area contributed by atoms with Gasteiger partial charge in [0.25, 0.3) is 5.91 Å². The van der Waals surface area contributed by atoms with Crippen molar-refractivity contribution in [3.05, 3.63) is 58.6 Å². The van der Waals surface area contributed by atoms with Crippen LogP contribution in [-0.4, -0.2) is 24.6 Å². The van der Waals surface area contributed by atoms with Gasteiger partial charge in [0.2, 0.25) is 5.91 Å². The summed E-state index contributed by atoms with van der Waals surface area (Å²) in [6.45, 7) is 0.294. The van der Waals surface area contributed by atoms with Crippen LogP contribution in [0.15, 0.2) is 57.9 Å². The third-order valence-corrected chi connectivity index (χ3v) is 4.45. The molecule has 2 N–H and O–H groups in total. The van der Waals surface area contributed by atoms with Crippen LogP contribution in [0.25, 0.3) is 0 Å². The van der Waals surface area contributed by atoms with E-state index in [0.717, 1.165) is 15.1 Å². The molecule has 0 aliphatic carbocycles. The highest BCUT2D eigenvalue weighted by Crippen LogP contribution is 2.24. The highest BCUT2D eigenvalue weighted by molar-refractivity contribution is 9.10. The predicted molar refractivity (Wildman–Crippen MR) is 97.9 cm³/mol. The average molecular weight is 393 g/mol. The van der Waals surface area contributed by atoms with Crippen molar-refractivity contribution in [2.45, 2.75) is 11.3 Å². The second-order valence-corrected chi connectivity index (χ2v) is 6.53. The molecule has 0 aliphatic rings. The molecule has 0 bridgehead atoms. The fourth-order valence-corrected chi connectivity index (χ4v) is 2.77. The zero-order chi connectivity index (χ0) is 16.7. The Balaban J connectivity index is 1.80. The minimum Gasteiger partial charge on any atom is -0.352 e. The number of thioether (sulfide) groups is 1. The molecule has 2 aromatic rings. The standard InChI is InChI=1S/C17H17BrN2O2S/c1-23-15-5-3-2-4-14(15)20-16(21)10-11-19-17(22)12-6-8-13(18)9-7-12/h2-9H,10-11H2,1H3,(H,19,22)(H,20,21). The van der Waals surface area contributed by atoms with E-state index in [2.05, 4.69) is 26.6 Å². The van der Waals surface area contributed by atoms with Gasteiger partial charge in [-0.25, -0.2) is 0 Å². The Bertz CT molecular complexity index is 689. The van der Waals surface area contributed by atoms with Gasteiger partial charge < -0.3 is 10.6 Å². The highest BCUT2D eigenvalue weighted by atomic mass is 79.9. The summed E-state index contributed by atoms with van der Waals surface area (Å²) in [5.41, 5.74) is 1.37. The number of anilines is 1. The van der Waals surface area contributed by atoms with Gasteiger partial charge in [0.05, 0.1) is 5.69 Å². The van der Waals surface area contributed by atoms with Crippen molar-refractivity contribution < 1.29 is 9.59 Å². The Labute approximate surface area is 148 Å². The van der Waals surface area contributed by atoms with Gasteiger partial charge in [-0.05, 0) is 42.7 Å². The maximum atomic E-state index is 12.0. The zero-order valence-corrected chi connectivity index (χ0v) is 15.0. The molecule has 0 saturated heterocycles. The first-order valence-electron chi connectivity index (χ1n) is 7.07. The van der Waals surface area contributed by atoms with Gasteiger partial charge in [-0.3, -0.25) is 9.59 Å². The fraction of sp³-hybridized carbons (Fsp3) is 0.176. The van der Waals surface area contributed by atoms with E-state index < -0.39 is 0 Å². The number of amides is 2. The van der Waals surface area contributed by atoms with Crippen LogP contribution >= 0.6 is 27.7 Å². The highest BCUT2D eigenvalue weighted by Gasteiger charge is 2.08. The lowest BCUT2D eigenvalue weighted by molar-refractivity contribution is -0.116. The lowest BCUT2D eigenvalue weighted by atomic mass is 10.2.